The average molecular weight is 444 g/mol. The molecule has 1 amide bonds. The van der Waals surface area contributed by atoms with Gasteiger partial charge in [-0.15, -0.1) is 0 Å². The Morgan fingerprint density at radius 1 is 1.06 bits per heavy atom. The van der Waals surface area contributed by atoms with Crippen molar-refractivity contribution in [3.63, 3.8) is 0 Å². The van der Waals surface area contributed by atoms with Gasteiger partial charge in [-0.1, -0.05) is 52.0 Å². The number of carbonyl (C=O) groups is 1. The first-order valence-corrected chi connectivity index (χ1v) is 12.7. The fraction of sp³-hybridized carbons (Fsp3) is 0.480. The molecule has 0 N–H and O–H groups in total. The zero-order valence-electron chi connectivity index (χ0n) is 18.9. The summed E-state index contributed by atoms with van der Waals surface area (Å²) in [6.45, 7) is 9.54. The molecule has 0 aliphatic carbocycles. The molecule has 1 saturated heterocycles. The van der Waals surface area contributed by atoms with Crippen molar-refractivity contribution in [2.45, 2.75) is 58.5 Å². The van der Waals surface area contributed by atoms with Gasteiger partial charge in [0.05, 0.1) is 18.1 Å². The molecular formula is C25H33NO4S. The summed E-state index contributed by atoms with van der Waals surface area (Å²) >= 11 is 0. The first-order chi connectivity index (χ1) is 14.6. The van der Waals surface area contributed by atoms with Gasteiger partial charge in [0, 0.05) is 18.2 Å². The van der Waals surface area contributed by atoms with Crippen LogP contribution in [0.2, 0.25) is 0 Å². The SMILES string of the molecule is CCCOc1ccc(C(=O)N(Cc2ccc(C(C)(C)C)cc2)C2CCS(=O)(=O)C2)cc1. The van der Waals surface area contributed by atoms with Gasteiger partial charge in [-0.2, -0.15) is 0 Å². The van der Waals surface area contributed by atoms with Gasteiger partial charge in [-0.3, -0.25) is 4.79 Å². The zero-order valence-corrected chi connectivity index (χ0v) is 19.7. The third kappa shape index (κ3) is 6.10. The molecule has 1 fully saturated rings. The van der Waals surface area contributed by atoms with Crippen molar-refractivity contribution < 1.29 is 17.9 Å². The first-order valence-electron chi connectivity index (χ1n) is 10.9. The molecule has 5 nitrogen and oxygen atoms in total. The minimum absolute atomic E-state index is 0.0243. The van der Waals surface area contributed by atoms with Gasteiger partial charge >= 0.3 is 0 Å². The number of hydrogen-bond donors (Lipinski definition) is 0. The molecule has 1 aliphatic heterocycles. The third-order valence-electron chi connectivity index (χ3n) is 5.66. The molecular weight excluding hydrogens is 410 g/mol. The predicted octanol–water partition coefficient (Wildman–Crippen LogP) is 4.60. The van der Waals surface area contributed by atoms with Gasteiger partial charge < -0.3 is 9.64 Å². The van der Waals surface area contributed by atoms with E-state index in [1.807, 2.05) is 19.1 Å². The van der Waals surface area contributed by atoms with Crippen molar-refractivity contribution in [1.82, 2.24) is 4.90 Å². The number of sulfone groups is 1. The highest BCUT2D eigenvalue weighted by Crippen LogP contribution is 2.26. The van der Waals surface area contributed by atoms with Crippen LogP contribution in [0, 0.1) is 0 Å². The highest BCUT2D eigenvalue weighted by atomic mass is 32.2. The molecule has 1 unspecified atom stereocenters. The lowest BCUT2D eigenvalue weighted by atomic mass is 9.86. The molecule has 0 radical (unpaired) electrons. The minimum atomic E-state index is -3.11. The van der Waals surface area contributed by atoms with Gasteiger partial charge in [0.15, 0.2) is 9.84 Å². The number of benzene rings is 2. The second kappa shape index (κ2) is 9.43. The number of carbonyl (C=O) groups excluding carboxylic acids is 1. The van der Waals surface area contributed by atoms with Crippen LogP contribution in [-0.2, 0) is 21.8 Å². The highest BCUT2D eigenvalue weighted by molar-refractivity contribution is 7.91. The van der Waals surface area contributed by atoms with Gasteiger partial charge in [-0.25, -0.2) is 8.42 Å². The summed E-state index contributed by atoms with van der Waals surface area (Å²) < 4.78 is 29.8. The van der Waals surface area contributed by atoms with Crippen LogP contribution in [-0.4, -0.2) is 43.4 Å². The molecule has 2 aromatic rings. The Morgan fingerprint density at radius 2 is 1.71 bits per heavy atom. The van der Waals surface area contributed by atoms with Crippen LogP contribution in [0.1, 0.15) is 62.0 Å². The van der Waals surface area contributed by atoms with Crippen LogP contribution in [0.15, 0.2) is 48.5 Å². The van der Waals surface area contributed by atoms with E-state index in [1.54, 1.807) is 29.2 Å². The molecule has 6 heteroatoms. The van der Waals surface area contributed by atoms with E-state index in [0.29, 0.717) is 25.1 Å². The summed E-state index contributed by atoms with van der Waals surface area (Å²) in [4.78, 5) is 15.1. The van der Waals surface area contributed by atoms with Crippen LogP contribution >= 0.6 is 0 Å². The predicted molar refractivity (Wildman–Crippen MR) is 124 cm³/mol. The van der Waals surface area contributed by atoms with Crippen molar-refractivity contribution in [2.24, 2.45) is 0 Å². The molecule has 0 spiro atoms. The van der Waals surface area contributed by atoms with E-state index in [9.17, 15) is 13.2 Å². The molecule has 3 rings (SSSR count). The van der Waals surface area contributed by atoms with Crippen LogP contribution in [0.4, 0.5) is 0 Å². The Labute approximate surface area is 186 Å². The quantitative estimate of drug-likeness (QED) is 0.627. The maximum atomic E-state index is 13.4. The normalized spacial score (nSPS) is 18.0. The maximum Gasteiger partial charge on any atom is 0.254 e. The number of hydrogen-bond acceptors (Lipinski definition) is 4. The Hall–Kier alpha value is -2.34. The molecule has 2 aromatic carbocycles. The fourth-order valence-electron chi connectivity index (χ4n) is 3.77. The lowest BCUT2D eigenvalue weighted by Gasteiger charge is -2.29. The maximum absolute atomic E-state index is 13.4. The van der Waals surface area contributed by atoms with Crippen molar-refractivity contribution in [3.05, 3.63) is 65.2 Å². The van der Waals surface area contributed by atoms with Crippen molar-refractivity contribution in [2.75, 3.05) is 18.1 Å². The molecule has 31 heavy (non-hydrogen) atoms. The van der Waals surface area contributed by atoms with Crippen LogP contribution in [0.25, 0.3) is 0 Å². The van der Waals surface area contributed by atoms with E-state index >= 15 is 0 Å². The lowest BCUT2D eigenvalue weighted by molar-refractivity contribution is 0.0681. The summed E-state index contributed by atoms with van der Waals surface area (Å²) in [5.74, 6) is 0.736. The summed E-state index contributed by atoms with van der Waals surface area (Å²) in [7, 11) is -3.11. The van der Waals surface area contributed by atoms with E-state index in [-0.39, 0.29) is 28.9 Å². The lowest BCUT2D eigenvalue weighted by Crippen LogP contribution is -2.40. The fourth-order valence-corrected chi connectivity index (χ4v) is 5.50. The molecule has 1 atom stereocenters. The number of rotatable bonds is 7. The topological polar surface area (TPSA) is 63.7 Å². The summed E-state index contributed by atoms with van der Waals surface area (Å²) in [5.41, 5.74) is 2.81. The molecule has 0 saturated carbocycles. The standard InChI is InChI=1S/C25H33NO4S/c1-5-15-30-23-12-8-20(9-13-23)24(27)26(22-14-16-31(28,29)18-22)17-19-6-10-21(11-7-19)25(2,3)4/h6-13,22H,5,14-18H2,1-4H3. The Balaban J connectivity index is 1.83. The summed E-state index contributed by atoms with van der Waals surface area (Å²) in [6, 6.07) is 15.0. The molecule has 0 bridgehead atoms. The summed E-state index contributed by atoms with van der Waals surface area (Å²) in [5, 5.41) is 0. The third-order valence-corrected chi connectivity index (χ3v) is 7.41. The van der Waals surface area contributed by atoms with Gasteiger partial charge in [0.25, 0.3) is 5.91 Å². The van der Waals surface area contributed by atoms with E-state index < -0.39 is 9.84 Å². The number of amides is 1. The Bertz CT molecular complexity index is 989. The van der Waals surface area contributed by atoms with Crippen molar-refractivity contribution in [3.8, 4) is 5.75 Å². The van der Waals surface area contributed by atoms with Gasteiger partial charge in [0.1, 0.15) is 5.75 Å². The monoisotopic (exact) mass is 443 g/mol. The Kier molecular flexibility index (Phi) is 7.10. The molecule has 1 aliphatic rings. The van der Waals surface area contributed by atoms with E-state index in [0.717, 1.165) is 17.7 Å². The van der Waals surface area contributed by atoms with Crippen LogP contribution in [0.3, 0.4) is 0 Å². The summed E-state index contributed by atoms with van der Waals surface area (Å²) in [6.07, 6.45) is 1.39. The highest BCUT2D eigenvalue weighted by Gasteiger charge is 2.35. The van der Waals surface area contributed by atoms with E-state index in [4.69, 9.17) is 4.74 Å². The number of nitrogens with zero attached hydrogens (tertiary/aromatic N) is 1. The second-order valence-corrected chi connectivity index (χ2v) is 11.5. The zero-order chi connectivity index (χ0) is 22.6. The largest absolute Gasteiger partial charge is 0.494 e. The first kappa shape index (κ1) is 23.3. The van der Waals surface area contributed by atoms with E-state index in [2.05, 4.69) is 32.9 Å². The van der Waals surface area contributed by atoms with Crippen molar-refractivity contribution >= 4 is 15.7 Å². The van der Waals surface area contributed by atoms with Crippen molar-refractivity contribution in [1.29, 1.82) is 0 Å². The smallest absolute Gasteiger partial charge is 0.254 e. The Morgan fingerprint density at radius 3 is 2.23 bits per heavy atom. The van der Waals surface area contributed by atoms with Crippen LogP contribution in [0.5, 0.6) is 5.75 Å². The average Bonchev–Trinajstić information content (AvgIpc) is 3.09. The minimum Gasteiger partial charge on any atom is -0.494 e. The van der Waals surface area contributed by atoms with Gasteiger partial charge in [-0.05, 0) is 53.6 Å². The molecule has 0 aromatic heterocycles. The molecule has 1 heterocycles. The van der Waals surface area contributed by atoms with Crippen LogP contribution < -0.4 is 4.74 Å². The molecule has 168 valence electrons. The number of ether oxygens (including phenoxy) is 1. The second-order valence-electron chi connectivity index (χ2n) is 9.31. The van der Waals surface area contributed by atoms with E-state index in [1.165, 1.54) is 5.56 Å². The van der Waals surface area contributed by atoms with Gasteiger partial charge in [0.2, 0.25) is 0 Å².